The van der Waals surface area contributed by atoms with Crippen molar-refractivity contribution in [2.45, 2.75) is 292 Å². The molecule has 12 aromatic rings. The number of benzene rings is 6. The molecule has 750 valence electrons. The summed E-state index contributed by atoms with van der Waals surface area (Å²) in [6.45, 7) is 38.7. The summed E-state index contributed by atoms with van der Waals surface area (Å²) in [5.41, 5.74) is 33.8. The molecule has 0 aliphatic heterocycles. The summed E-state index contributed by atoms with van der Waals surface area (Å²) in [5, 5.41) is 0. The average molecular weight is 2050 g/mol. The number of rotatable bonds is 9. The fourth-order valence-electron chi connectivity index (χ4n) is 27.5. The van der Waals surface area contributed by atoms with Gasteiger partial charge in [0.25, 0.3) is 0 Å². The number of aromatic nitrogens is 6. The summed E-state index contributed by atoms with van der Waals surface area (Å²) in [6, 6.07) is 47.9. The Balaban J connectivity index is 0.000000110. The van der Waals surface area contributed by atoms with E-state index in [1.165, 1.54) is 84.3 Å². The Morgan fingerprint density at radius 2 is 0.421 bits per heavy atom. The van der Waals surface area contributed by atoms with Crippen molar-refractivity contribution in [2.24, 2.45) is 32.5 Å². The SMILES string of the molecule is CC1(C)CC(=O)C2=C(Cc3ncsc3[C@@]2(C)c2cccc(F)c2)C1.CC1(C)CC(=O)C2=C(Cc3ncsc3[C@@]2(C)c2ccccc2)C1.CC1(C)CC(=O)C2=C(Cc3ncsc3[C@]2(C)c2cccc(F)c2)C1.CC[C@@]1(c2cccc(F)c2)C2=C(Cc3ncsc31)CC(C)(C)CC2=O.CC[C@]1(c2cccc(F)c2)C2=C(Cc3ncsc31)CC(C)(C)CC2=O.CC[C@]1(c2ccccc2)C2=C(Cc3ncsc31)CC(C)(C)CC2=O. The summed E-state index contributed by atoms with van der Waals surface area (Å²) in [4.78, 5) is 113. The number of nitrogens with zero attached hydrogens (tertiary/aromatic N) is 6. The maximum Gasteiger partial charge on any atom is 0.160 e. The van der Waals surface area contributed by atoms with Crippen molar-refractivity contribution in [1.82, 2.24) is 29.9 Å². The molecule has 12 aliphatic rings. The van der Waals surface area contributed by atoms with Gasteiger partial charge in [-0.25, -0.2) is 47.5 Å². The zero-order valence-corrected chi connectivity index (χ0v) is 91.3. The van der Waals surface area contributed by atoms with Crippen LogP contribution in [0.15, 0.2) is 258 Å². The highest BCUT2D eigenvalue weighted by atomic mass is 32.1. The molecule has 6 atom stereocenters. The van der Waals surface area contributed by atoms with Crippen LogP contribution >= 0.6 is 68.0 Å². The molecule has 0 N–H and O–H groups in total. The molecular formula is C123H128F4N6O6S6. The van der Waals surface area contributed by atoms with E-state index in [1.807, 2.05) is 69.5 Å². The lowest BCUT2D eigenvalue weighted by molar-refractivity contribution is -0.119. The van der Waals surface area contributed by atoms with Crippen molar-refractivity contribution >= 4 is 103 Å². The molecule has 12 nitrogen and oxygen atoms in total. The summed E-state index contributed by atoms with van der Waals surface area (Å²) in [7, 11) is 0. The molecule has 145 heavy (non-hydrogen) atoms. The van der Waals surface area contributed by atoms with E-state index in [0.717, 1.165) is 200 Å². The first-order chi connectivity index (χ1) is 68.8. The molecule has 12 aliphatic carbocycles. The maximum absolute atomic E-state index is 14.1. The second-order valence-corrected chi connectivity index (χ2v) is 52.4. The number of ketones is 6. The lowest BCUT2D eigenvalue weighted by Gasteiger charge is -2.44. The van der Waals surface area contributed by atoms with Gasteiger partial charge in [0.05, 0.1) is 99.7 Å². The molecule has 0 saturated carbocycles. The zero-order valence-electron chi connectivity index (χ0n) is 86.4. The highest BCUT2D eigenvalue weighted by molar-refractivity contribution is 7.11. The number of hydrogen-bond donors (Lipinski definition) is 0. The third kappa shape index (κ3) is 18.3. The number of thiazole rings is 6. The van der Waals surface area contributed by atoms with E-state index < -0.39 is 21.7 Å². The van der Waals surface area contributed by atoms with Crippen LogP contribution in [0.25, 0.3) is 0 Å². The van der Waals surface area contributed by atoms with Gasteiger partial charge in [0.1, 0.15) is 23.3 Å². The van der Waals surface area contributed by atoms with Crippen molar-refractivity contribution in [3.05, 3.63) is 378 Å². The van der Waals surface area contributed by atoms with Gasteiger partial charge in [-0.2, -0.15) is 0 Å². The smallest absolute Gasteiger partial charge is 0.160 e. The third-order valence-electron chi connectivity index (χ3n) is 32.9. The Hall–Kier alpha value is -10.7. The Morgan fingerprint density at radius 1 is 0.228 bits per heavy atom. The quantitative estimate of drug-likeness (QED) is 0.125. The summed E-state index contributed by atoms with van der Waals surface area (Å²) >= 11 is 9.73. The number of carbonyl (C=O) groups is 6. The molecule has 0 fully saturated rings. The topological polar surface area (TPSA) is 180 Å². The van der Waals surface area contributed by atoms with Gasteiger partial charge in [-0.1, -0.05) is 246 Å². The number of fused-ring (bicyclic) bond motifs is 6. The van der Waals surface area contributed by atoms with Crippen LogP contribution < -0.4 is 0 Å². The lowest BCUT2D eigenvalue weighted by Crippen LogP contribution is -2.42. The second kappa shape index (κ2) is 38.4. The predicted octanol–water partition coefficient (Wildman–Crippen LogP) is 29.9. The van der Waals surface area contributed by atoms with E-state index in [0.29, 0.717) is 50.1 Å². The Morgan fingerprint density at radius 3 is 0.669 bits per heavy atom. The molecule has 0 bridgehead atoms. The van der Waals surface area contributed by atoms with Crippen molar-refractivity contribution < 1.29 is 46.3 Å². The summed E-state index contributed by atoms with van der Waals surface area (Å²) in [5.74, 6) is 0.451. The highest BCUT2D eigenvalue weighted by Gasteiger charge is 2.57. The second-order valence-electron chi connectivity index (χ2n) is 47.3. The number of halogens is 4. The molecule has 0 spiro atoms. The van der Waals surface area contributed by atoms with Crippen molar-refractivity contribution in [3.8, 4) is 0 Å². The van der Waals surface area contributed by atoms with Gasteiger partial charge in [-0.3, -0.25) is 28.8 Å². The van der Waals surface area contributed by atoms with Gasteiger partial charge >= 0.3 is 0 Å². The van der Waals surface area contributed by atoms with E-state index in [1.54, 1.807) is 117 Å². The Labute approximate surface area is 874 Å². The van der Waals surface area contributed by atoms with Crippen LogP contribution in [0.5, 0.6) is 0 Å². The average Bonchev–Trinajstić information content (AvgIpc) is 1.69. The van der Waals surface area contributed by atoms with Gasteiger partial charge in [-0.05, 0) is 193 Å². The number of hydrogen-bond acceptors (Lipinski definition) is 18. The van der Waals surface area contributed by atoms with Crippen LogP contribution in [-0.4, -0.2) is 64.6 Å². The minimum absolute atomic E-state index is 0.0215. The van der Waals surface area contributed by atoms with Gasteiger partial charge in [0.2, 0.25) is 0 Å². The van der Waals surface area contributed by atoms with Crippen molar-refractivity contribution in [3.63, 3.8) is 0 Å². The molecule has 0 unspecified atom stereocenters. The fraction of sp³-hybridized carbons (Fsp3) is 0.415. The maximum atomic E-state index is 14.1. The minimum atomic E-state index is -0.597. The first-order valence-electron chi connectivity index (χ1n) is 51.0. The first kappa shape index (κ1) is 103. The molecule has 24 rings (SSSR count). The van der Waals surface area contributed by atoms with Gasteiger partial charge in [0.15, 0.2) is 34.7 Å². The Bertz CT molecular complexity index is 7150. The minimum Gasteiger partial charge on any atom is -0.294 e. The molecule has 0 saturated heterocycles. The Kier molecular flexibility index (Phi) is 27.3. The molecule has 6 aromatic heterocycles. The van der Waals surface area contributed by atoms with Crippen LogP contribution in [0, 0.1) is 55.8 Å². The number of allylic oxidation sites excluding steroid dienone is 12. The molecular weight excluding hydrogens is 1930 g/mol. The van der Waals surface area contributed by atoms with Crippen molar-refractivity contribution in [1.29, 1.82) is 0 Å². The van der Waals surface area contributed by atoms with Crippen molar-refractivity contribution in [2.75, 3.05) is 0 Å². The first-order valence-corrected chi connectivity index (χ1v) is 56.3. The zero-order chi connectivity index (χ0) is 103. The van der Waals surface area contributed by atoms with Crippen LogP contribution in [0.4, 0.5) is 17.6 Å². The van der Waals surface area contributed by atoms with E-state index in [9.17, 15) is 46.3 Å². The van der Waals surface area contributed by atoms with Gasteiger partial charge in [0, 0.05) is 140 Å². The van der Waals surface area contributed by atoms with Crippen LogP contribution in [0.1, 0.15) is 318 Å². The van der Waals surface area contributed by atoms with E-state index in [4.69, 9.17) is 0 Å². The van der Waals surface area contributed by atoms with Crippen LogP contribution in [0.3, 0.4) is 0 Å². The molecule has 0 radical (unpaired) electrons. The van der Waals surface area contributed by atoms with E-state index in [2.05, 4.69) is 203 Å². The summed E-state index contributed by atoms with van der Waals surface area (Å²) < 4.78 is 56.0. The van der Waals surface area contributed by atoms with Gasteiger partial charge < -0.3 is 0 Å². The third-order valence-corrected chi connectivity index (χ3v) is 39.2. The van der Waals surface area contributed by atoms with Crippen LogP contribution in [-0.2, 0) is 99.8 Å². The van der Waals surface area contributed by atoms with E-state index >= 15 is 0 Å². The standard InChI is InChI=1S/2C21H22FNOS.C21H23NOS.2C20H20FNOS.C20H21NOS/c2*1-4-21(14-6-5-7-15(22)9-14)18-13(8-16-19(21)25-12-23-16)10-20(2,3)11-17(18)24;1-4-21(15-8-6-5-7-9-15)18-14(10-16-19(21)24-13-22-16)11-20(2,3)12-17(18)23;2*1-19(2)9-12-7-15-18(24-11-22-15)20(3,17(12)16(23)10-19)13-5-4-6-14(21)8-13;1-19(2)10-13-9-15-18(23-12-21-15)20(3,17(13)16(22)11-19)14-7-5-4-6-8-14/h2*5-7,9,12H,4,8,10-11H2,1-3H3;5-9,13H,4,10-12H2,1-3H3;2*4-6,8,11H,7,9-10H2,1-3H3;4-8,12H,9-11H2,1-3H3/t3*21-;3*20-/m100100/s1. The van der Waals surface area contributed by atoms with Crippen LogP contribution in [0.2, 0.25) is 0 Å². The number of carbonyl (C=O) groups excluding carboxylic acids is 6. The fourth-order valence-corrected chi connectivity index (χ4v) is 33.9. The molecule has 22 heteroatoms. The largest absolute Gasteiger partial charge is 0.294 e. The number of Topliss-reactive ketones (excluding diaryl/α,β-unsaturated/α-hetero) is 6. The lowest BCUT2D eigenvalue weighted by atomic mass is 9.59. The highest BCUT2D eigenvalue weighted by Crippen LogP contribution is 2.63. The molecule has 6 aromatic carbocycles. The molecule has 0 amide bonds. The van der Waals surface area contributed by atoms with Gasteiger partial charge in [-0.15, -0.1) is 68.0 Å². The predicted molar refractivity (Wildman–Crippen MR) is 576 cm³/mol. The summed E-state index contributed by atoms with van der Waals surface area (Å²) in [6.07, 6.45) is 16.1. The molecule has 6 heterocycles. The normalized spacial score (nSPS) is 25.3. The van der Waals surface area contributed by atoms with E-state index in [-0.39, 0.29) is 89.7 Å². The monoisotopic (exact) mass is 2050 g/mol.